The van der Waals surface area contributed by atoms with E-state index in [1.807, 2.05) is 0 Å². The zero-order valence-corrected chi connectivity index (χ0v) is 14.5. The van der Waals surface area contributed by atoms with Gasteiger partial charge in [0.05, 0.1) is 11.4 Å². The molecular weight excluding hydrogens is 344 g/mol. The molecule has 7 nitrogen and oxygen atoms in total. The van der Waals surface area contributed by atoms with Crippen molar-refractivity contribution < 1.29 is 22.7 Å². The molecule has 1 N–H and O–H groups in total. The van der Waals surface area contributed by atoms with Crippen LogP contribution in [0.25, 0.3) is 6.08 Å². The van der Waals surface area contributed by atoms with Gasteiger partial charge in [-0.15, -0.1) is 0 Å². The fourth-order valence-electron chi connectivity index (χ4n) is 2.53. The Balaban J connectivity index is 1.51. The Bertz CT molecular complexity index is 782. The summed E-state index contributed by atoms with van der Waals surface area (Å²) < 4.78 is 30.0. The summed E-state index contributed by atoms with van der Waals surface area (Å²) in [6, 6.07) is 7.10. The van der Waals surface area contributed by atoms with Crippen LogP contribution in [0.4, 0.5) is 5.69 Å². The highest BCUT2D eigenvalue weighted by Crippen LogP contribution is 2.24. The number of esters is 1. The molecule has 2 aliphatic rings. The van der Waals surface area contributed by atoms with Crippen LogP contribution < -0.4 is 9.62 Å². The SMILES string of the molecule is O=C(COC(=O)/C=C/c1ccc(N2CCCS2(=O)=O)cc1)NC1CC1. The number of nitrogens with one attached hydrogen (secondary N) is 1. The lowest BCUT2D eigenvalue weighted by atomic mass is 10.2. The molecule has 1 aromatic carbocycles. The highest BCUT2D eigenvalue weighted by molar-refractivity contribution is 7.93. The number of benzene rings is 1. The van der Waals surface area contributed by atoms with Crippen LogP contribution in [0.3, 0.4) is 0 Å². The van der Waals surface area contributed by atoms with Crippen molar-refractivity contribution in [2.24, 2.45) is 0 Å². The van der Waals surface area contributed by atoms with E-state index in [2.05, 4.69) is 5.32 Å². The lowest BCUT2D eigenvalue weighted by Crippen LogP contribution is -2.30. The molecule has 0 aromatic heterocycles. The Labute approximate surface area is 146 Å². The summed E-state index contributed by atoms with van der Waals surface area (Å²) in [5.41, 5.74) is 1.36. The predicted molar refractivity (Wildman–Crippen MR) is 93.3 cm³/mol. The molecule has 1 aromatic rings. The van der Waals surface area contributed by atoms with Gasteiger partial charge in [-0.1, -0.05) is 12.1 Å². The molecule has 1 aliphatic heterocycles. The Kier molecular flexibility index (Phi) is 5.08. The van der Waals surface area contributed by atoms with Gasteiger partial charge in [-0.2, -0.15) is 0 Å². The average molecular weight is 364 g/mol. The maximum atomic E-state index is 11.9. The Hall–Kier alpha value is -2.35. The number of anilines is 1. The van der Waals surface area contributed by atoms with Gasteiger partial charge in [-0.05, 0) is 43.0 Å². The molecule has 25 heavy (non-hydrogen) atoms. The number of nitrogens with zero attached hydrogens (tertiary/aromatic N) is 1. The molecule has 3 rings (SSSR count). The molecule has 1 saturated carbocycles. The fraction of sp³-hybridized carbons (Fsp3) is 0.412. The van der Waals surface area contributed by atoms with E-state index in [0.29, 0.717) is 18.7 Å². The molecule has 1 saturated heterocycles. The van der Waals surface area contributed by atoms with Crippen molar-refractivity contribution in [3.05, 3.63) is 35.9 Å². The van der Waals surface area contributed by atoms with Crippen LogP contribution in [0.15, 0.2) is 30.3 Å². The molecule has 1 aliphatic carbocycles. The van der Waals surface area contributed by atoms with E-state index in [9.17, 15) is 18.0 Å². The van der Waals surface area contributed by atoms with Gasteiger partial charge in [0.25, 0.3) is 5.91 Å². The third kappa shape index (κ3) is 4.82. The Morgan fingerprint density at radius 1 is 1.24 bits per heavy atom. The maximum absolute atomic E-state index is 11.9. The fourth-order valence-corrected chi connectivity index (χ4v) is 4.09. The highest BCUT2D eigenvalue weighted by Gasteiger charge is 2.28. The normalized spacial score (nSPS) is 19.1. The van der Waals surface area contributed by atoms with Gasteiger partial charge in [-0.25, -0.2) is 13.2 Å². The van der Waals surface area contributed by atoms with Crippen LogP contribution in [0.1, 0.15) is 24.8 Å². The van der Waals surface area contributed by atoms with Gasteiger partial charge < -0.3 is 10.1 Å². The number of carbonyl (C=O) groups is 2. The van der Waals surface area contributed by atoms with E-state index >= 15 is 0 Å². The average Bonchev–Trinajstić information content (AvgIpc) is 3.32. The molecule has 134 valence electrons. The van der Waals surface area contributed by atoms with Crippen LogP contribution in [-0.4, -0.2) is 45.2 Å². The van der Waals surface area contributed by atoms with Crippen molar-refractivity contribution in [3.8, 4) is 0 Å². The molecule has 0 bridgehead atoms. The second-order valence-electron chi connectivity index (χ2n) is 6.12. The Morgan fingerprint density at radius 2 is 1.96 bits per heavy atom. The topological polar surface area (TPSA) is 92.8 Å². The molecule has 0 unspecified atom stereocenters. The van der Waals surface area contributed by atoms with Crippen molar-refractivity contribution in [1.82, 2.24) is 5.32 Å². The predicted octanol–water partition coefficient (Wildman–Crippen LogP) is 1.06. The van der Waals surface area contributed by atoms with Gasteiger partial charge >= 0.3 is 5.97 Å². The van der Waals surface area contributed by atoms with E-state index in [1.165, 1.54) is 10.4 Å². The number of ether oxygens (including phenoxy) is 1. The molecule has 2 fully saturated rings. The first-order valence-electron chi connectivity index (χ1n) is 8.19. The molecule has 0 radical (unpaired) electrons. The third-order valence-corrected chi connectivity index (χ3v) is 5.85. The number of carbonyl (C=O) groups excluding carboxylic acids is 2. The lowest BCUT2D eigenvalue weighted by molar-refractivity contribution is -0.143. The third-order valence-electron chi connectivity index (χ3n) is 3.98. The van der Waals surface area contributed by atoms with Crippen LogP contribution in [0, 0.1) is 0 Å². The van der Waals surface area contributed by atoms with Crippen LogP contribution >= 0.6 is 0 Å². The minimum absolute atomic E-state index is 0.175. The first kappa shape index (κ1) is 17.5. The van der Waals surface area contributed by atoms with Crippen molar-refractivity contribution in [2.45, 2.75) is 25.3 Å². The number of hydrogen-bond donors (Lipinski definition) is 1. The lowest BCUT2D eigenvalue weighted by Gasteiger charge is -2.16. The van der Waals surface area contributed by atoms with Crippen LogP contribution in [0.5, 0.6) is 0 Å². The number of hydrogen-bond acceptors (Lipinski definition) is 5. The van der Waals surface area contributed by atoms with E-state index in [-0.39, 0.29) is 24.3 Å². The summed E-state index contributed by atoms with van der Waals surface area (Å²) in [6.07, 6.45) is 5.39. The van der Waals surface area contributed by atoms with Gasteiger partial charge in [0.2, 0.25) is 10.0 Å². The van der Waals surface area contributed by atoms with Crippen molar-refractivity contribution in [3.63, 3.8) is 0 Å². The number of sulfonamides is 1. The molecule has 0 spiro atoms. The quantitative estimate of drug-likeness (QED) is 0.602. The summed E-state index contributed by atoms with van der Waals surface area (Å²) in [4.78, 5) is 23.0. The summed E-state index contributed by atoms with van der Waals surface area (Å²) in [5.74, 6) is -0.716. The first-order valence-corrected chi connectivity index (χ1v) is 9.80. The molecule has 1 heterocycles. The Morgan fingerprint density at radius 3 is 2.56 bits per heavy atom. The minimum atomic E-state index is -3.20. The van der Waals surface area contributed by atoms with Gasteiger partial charge in [0.1, 0.15) is 0 Å². The monoisotopic (exact) mass is 364 g/mol. The smallest absolute Gasteiger partial charge is 0.331 e. The summed E-state index contributed by atoms with van der Waals surface area (Å²) >= 11 is 0. The summed E-state index contributed by atoms with van der Waals surface area (Å²) in [6.45, 7) is 0.207. The van der Waals surface area contributed by atoms with Gasteiger partial charge in [0.15, 0.2) is 6.61 Å². The summed E-state index contributed by atoms with van der Waals surface area (Å²) in [5, 5.41) is 2.73. The second-order valence-corrected chi connectivity index (χ2v) is 8.13. The van der Waals surface area contributed by atoms with Gasteiger partial charge in [-0.3, -0.25) is 9.10 Å². The molecule has 0 atom stereocenters. The van der Waals surface area contributed by atoms with Crippen molar-refractivity contribution in [2.75, 3.05) is 23.2 Å². The first-order chi connectivity index (χ1) is 11.9. The second kappa shape index (κ2) is 7.26. The molecule has 1 amide bonds. The van der Waals surface area contributed by atoms with Crippen molar-refractivity contribution in [1.29, 1.82) is 0 Å². The largest absolute Gasteiger partial charge is 0.452 e. The molecule has 8 heteroatoms. The number of rotatable bonds is 6. The van der Waals surface area contributed by atoms with E-state index in [4.69, 9.17) is 4.74 Å². The van der Waals surface area contributed by atoms with E-state index in [0.717, 1.165) is 18.4 Å². The minimum Gasteiger partial charge on any atom is -0.452 e. The summed E-state index contributed by atoms with van der Waals surface area (Å²) in [7, 11) is -3.20. The van der Waals surface area contributed by atoms with E-state index in [1.54, 1.807) is 30.3 Å². The zero-order valence-electron chi connectivity index (χ0n) is 13.7. The highest BCUT2D eigenvalue weighted by atomic mass is 32.2. The standard InChI is InChI=1S/C17H20N2O5S/c20-16(18-14-5-6-14)12-24-17(21)9-4-13-2-7-15(8-3-13)19-10-1-11-25(19,22)23/h2-4,7-9,14H,1,5-6,10-12H2,(H,18,20)/b9-4+. The van der Waals surface area contributed by atoms with Crippen molar-refractivity contribution >= 4 is 33.7 Å². The van der Waals surface area contributed by atoms with Crippen LogP contribution in [0.2, 0.25) is 0 Å². The molecular formula is C17H20N2O5S. The van der Waals surface area contributed by atoms with E-state index < -0.39 is 16.0 Å². The van der Waals surface area contributed by atoms with Crippen LogP contribution in [-0.2, 0) is 24.3 Å². The number of amides is 1. The zero-order chi connectivity index (χ0) is 17.9. The maximum Gasteiger partial charge on any atom is 0.331 e. The van der Waals surface area contributed by atoms with Gasteiger partial charge in [0, 0.05) is 18.7 Å².